The highest BCUT2D eigenvalue weighted by Gasteiger charge is 2.35. The predicted molar refractivity (Wildman–Crippen MR) is 170 cm³/mol. The lowest BCUT2D eigenvalue weighted by Gasteiger charge is -2.37. The third-order valence-electron chi connectivity index (χ3n) is 8.63. The van der Waals surface area contributed by atoms with E-state index in [-0.39, 0.29) is 52.7 Å². The van der Waals surface area contributed by atoms with Crippen molar-refractivity contribution in [2.75, 3.05) is 38.1 Å². The van der Waals surface area contributed by atoms with Crippen molar-refractivity contribution >= 4 is 62.8 Å². The highest BCUT2D eigenvalue weighted by atomic mass is 35.5. The number of amides is 2. The van der Waals surface area contributed by atoms with Gasteiger partial charge in [-0.15, -0.1) is 5.10 Å². The van der Waals surface area contributed by atoms with Gasteiger partial charge in [-0.2, -0.15) is 5.26 Å². The van der Waals surface area contributed by atoms with Gasteiger partial charge in [0, 0.05) is 41.6 Å². The van der Waals surface area contributed by atoms with E-state index in [9.17, 15) is 14.9 Å². The molecule has 230 valence electrons. The molecular weight excluding hydrogens is 618 g/mol. The standard InChI is InChI=1S/C32H29Cl2FN8O2/c1-4-6-25(44)41-12-10-20(15-19(41)9-11-36)43-31-22-16-24(34)27(21-7-5-8-23(33)18(21)2)28(35)29(22)37-32(30(31)38-39-43)42-14-13-40(3)17-26(42)45/h5,7-8,16,19-20H,9-10,12-15,17H2,1-3H3/t19-,20+/m1/s1. The fraction of sp³-hybridized carbons (Fsp3) is 0.375. The number of likely N-dealkylation sites (N-methyl/N-ethyl adjacent to an activating group) is 1. The zero-order valence-corrected chi connectivity index (χ0v) is 26.5. The Kier molecular flexibility index (Phi) is 8.36. The molecule has 0 radical (unpaired) electrons. The van der Waals surface area contributed by atoms with Gasteiger partial charge in [0.1, 0.15) is 11.0 Å². The molecule has 0 bridgehead atoms. The monoisotopic (exact) mass is 646 g/mol. The van der Waals surface area contributed by atoms with Crippen LogP contribution in [0.3, 0.4) is 0 Å². The van der Waals surface area contributed by atoms with Gasteiger partial charge >= 0.3 is 0 Å². The van der Waals surface area contributed by atoms with Crippen molar-refractivity contribution in [3.63, 3.8) is 0 Å². The first-order valence-corrected chi connectivity index (χ1v) is 15.3. The largest absolute Gasteiger partial charge is 0.328 e. The molecule has 10 nitrogen and oxygen atoms in total. The Bertz CT molecular complexity index is 1980. The number of aromatic nitrogens is 4. The van der Waals surface area contributed by atoms with Crippen LogP contribution in [-0.4, -0.2) is 80.9 Å². The molecule has 6 rings (SSSR count). The molecule has 2 saturated heterocycles. The minimum absolute atomic E-state index is 0.0194. The number of nitrogens with zero attached hydrogens (tertiary/aromatic N) is 8. The summed E-state index contributed by atoms with van der Waals surface area (Å²) in [6, 6.07) is 8.36. The van der Waals surface area contributed by atoms with Crippen molar-refractivity contribution in [3.8, 4) is 29.0 Å². The molecule has 0 aliphatic carbocycles. The van der Waals surface area contributed by atoms with Gasteiger partial charge in [-0.3, -0.25) is 19.4 Å². The van der Waals surface area contributed by atoms with E-state index in [1.54, 1.807) is 47.7 Å². The van der Waals surface area contributed by atoms with Gasteiger partial charge in [-0.25, -0.2) is 14.1 Å². The maximum Gasteiger partial charge on any atom is 0.298 e. The van der Waals surface area contributed by atoms with Crippen LogP contribution in [0.1, 0.15) is 37.8 Å². The Morgan fingerprint density at radius 1 is 1.18 bits per heavy atom. The molecule has 2 aromatic heterocycles. The third-order valence-corrected chi connectivity index (χ3v) is 9.34. The molecule has 0 unspecified atom stereocenters. The van der Waals surface area contributed by atoms with Crippen LogP contribution in [-0.2, 0) is 9.59 Å². The Labute approximate surface area is 269 Å². The molecule has 4 heterocycles. The van der Waals surface area contributed by atoms with Gasteiger partial charge in [0.15, 0.2) is 17.2 Å². The fourth-order valence-electron chi connectivity index (χ4n) is 6.33. The Hall–Kier alpha value is -4.29. The maximum absolute atomic E-state index is 16.8. The van der Waals surface area contributed by atoms with E-state index in [0.29, 0.717) is 65.0 Å². The number of fused-ring (bicyclic) bond motifs is 3. The van der Waals surface area contributed by atoms with Crippen molar-refractivity contribution in [3.05, 3.63) is 45.7 Å². The number of likely N-dealkylation sites (tertiary alicyclic amines) is 1. The van der Waals surface area contributed by atoms with Crippen LogP contribution in [0.2, 0.25) is 10.0 Å². The second kappa shape index (κ2) is 12.2. The van der Waals surface area contributed by atoms with Crippen molar-refractivity contribution in [2.24, 2.45) is 0 Å². The van der Waals surface area contributed by atoms with Crippen molar-refractivity contribution < 1.29 is 14.0 Å². The highest BCUT2D eigenvalue weighted by molar-refractivity contribution is 6.35. The molecular formula is C32H29Cl2FN8O2. The van der Waals surface area contributed by atoms with Crippen LogP contribution in [0.15, 0.2) is 24.3 Å². The van der Waals surface area contributed by atoms with E-state index in [4.69, 9.17) is 28.2 Å². The molecule has 45 heavy (non-hydrogen) atoms. The number of carbonyl (C=O) groups is 2. The number of piperidine rings is 1. The quantitative estimate of drug-likeness (QED) is 0.282. The second-order valence-corrected chi connectivity index (χ2v) is 12.2. The summed E-state index contributed by atoms with van der Waals surface area (Å²) >= 11 is 13.2. The van der Waals surface area contributed by atoms with Crippen molar-refractivity contribution in [2.45, 2.75) is 45.2 Å². The lowest BCUT2D eigenvalue weighted by atomic mass is 9.94. The van der Waals surface area contributed by atoms with Gasteiger partial charge < -0.3 is 4.90 Å². The number of hydrogen-bond acceptors (Lipinski definition) is 7. The van der Waals surface area contributed by atoms with E-state index in [1.807, 2.05) is 11.9 Å². The molecule has 2 fully saturated rings. The molecule has 4 aromatic rings. The van der Waals surface area contributed by atoms with Gasteiger partial charge in [-0.1, -0.05) is 46.5 Å². The zero-order chi connectivity index (χ0) is 32.0. The molecule has 2 amide bonds. The summed E-state index contributed by atoms with van der Waals surface area (Å²) in [5, 5.41) is 19.6. The van der Waals surface area contributed by atoms with Crippen molar-refractivity contribution in [1.82, 2.24) is 29.8 Å². The summed E-state index contributed by atoms with van der Waals surface area (Å²) in [7, 11) is 1.86. The molecule has 2 aliphatic heterocycles. The number of benzene rings is 2. The Balaban J connectivity index is 1.57. The number of carbonyl (C=O) groups excluding carboxylic acids is 2. The predicted octanol–water partition coefficient (Wildman–Crippen LogP) is 5.15. The van der Waals surface area contributed by atoms with Crippen molar-refractivity contribution in [1.29, 1.82) is 5.26 Å². The highest BCUT2D eigenvalue weighted by Crippen LogP contribution is 2.42. The van der Waals surface area contributed by atoms with Crippen LogP contribution in [0.5, 0.6) is 0 Å². The summed E-state index contributed by atoms with van der Waals surface area (Å²) in [4.78, 5) is 35.7. The fourth-order valence-corrected chi connectivity index (χ4v) is 6.80. The lowest BCUT2D eigenvalue weighted by molar-refractivity contribution is -0.129. The minimum atomic E-state index is -0.652. The molecule has 0 N–H and O–H groups in total. The molecule has 0 spiro atoms. The topological polar surface area (TPSA) is 111 Å². The summed E-state index contributed by atoms with van der Waals surface area (Å²) < 4.78 is 18.5. The minimum Gasteiger partial charge on any atom is -0.328 e. The van der Waals surface area contributed by atoms with Gasteiger partial charge in [-0.05, 0) is 62.9 Å². The number of pyridine rings is 1. The molecule has 2 atom stereocenters. The van der Waals surface area contributed by atoms with Gasteiger partial charge in [0.25, 0.3) is 5.91 Å². The van der Waals surface area contributed by atoms with E-state index in [2.05, 4.69) is 28.2 Å². The first-order valence-electron chi connectivity index (χ1n) is 14.6. The second-order valence-electron chi connectivity index (χ2n) is 11.4. The molecule has 0 saturated carbocycles. The third kappa shape index (κ3) is 5.35. The van der Waals surface area contributed by atoms with Gasteiger partial charge in [0.2, 0.25) is 5.91 Å². The first kappa shape index (κ1) is 30.7. The number of piperazine rings is 1. The van der Waals surface area contributed by atoms with E-state index in [1.165, 1.54) is 4.90 Å². The molecule has 13 heteroatoms. The number of halogens is 3. The van der Waals surface area contributed by atoms with Crippen LogP contribution in [0.25, 0.3) is 33.1 Å². The van der Waals surface area contributed by atoms with E-state index < -0.39 is 11.9 Å². The van der Waals surface area contributed by atoms with E-state index in [0.717, 1.165) is 0 Å². The van der Waals surface area contributed by atoms with Crippen LogP contribution in [0.4, 0.5) is 10.2 Å². The number of anilines is 1. The maximum atomic E-state index is 16.8. The normalized spacial score (nSPS) is 19.1. The number of rotatable bonds is 4. The van der Waals surface area contributed by atoms with Crippen LogP contribution < -0.4 is 4.90 Å². The lowest BCUT2D eigenvalue weighted by Crippen LogP contribution is -2.49. The average molecular weight is 648 g/mol. The Morgan fingerprint density at radius 3 is 2.71 bits per heavy atom. The summed E-state index contributed by atoms with van der Waals surface area (Å²) in [5.74, 6) is 4.26. The average Bonchev–Trinajstić information content (AvgIpc) is 3.45. The summed E-state index contributed by atoms with van der Waals surface area (Å²) in [6.07, 6.45) is 1.03. The first-order chi connectivity index (χ1) is 21.6. The smallest absolute Gasteiger partial charge is 0.298 e. The van der Waals surface area contributed by atoms with E-state index >= 15 is 4.39 Å². The summed E-state index contributed by atoms with van der Waals surface area (Å²) in [6.45, 7) is 4.86. The summed E-state index contributed by atoms with van der Waals surface area (Å²) in [5.41, 5.74) is 2.19. The van der Waals surface area contributed by atoms with Crippen LogP contribution >= 0.6 is 23.2 Å². The van der Waals surface area contributed by atoms with Gasteiger partial charge in [0.05, 0.1) is 30.1 Å². The number of nitriles is 1. The molecule has 2 aliphatic rings. The SMILES string of the molecule is CC#CC(=O)N1CC[C@H](n2nnc3c(N4CCN(C)CC4=O)nc4c(F)c(-c5cccc(Cl)c5C)c(Cl)cc4c32)C[C@H]1CC#N. The Morgan fingerprint density at radius 2 is 1.98 bits per heavy atom. The number of hydrogen-bond donors (Lipinski definition) is 0. The molecule has 2 aromatic carbocycles. The zero-order valence-electron chi connectivity index (χ0n) is 24.9. The van der Waals surface area contributed by atoms with Crippen LogP contribution in [0, 0.1) is 35.9 Å².